The maximum absolute atomic E-state index is 6.14. The van der Waals surface area contributed by atoms with Crippen LogP contribution in [0.2, 0.25) is 5.02 Å². The summed E-state index contributed by atoms with van der Waals surface area (Å²) in [5, 5.41) is 5.87. The van der Waals surface area contributed by atoms with Crippen molar-refractivity contribution >= 4 is 44.4 Å². The summed E-state index contributed by atoms with van der Waals surface area (Å²) in [4.78, 5) is 5.14. The highest BCUT2D eigenvalue weighted by molar-refractivity contribution is 7.22. The number of anilines is 1. The molecule has 110 valence electrons. The van der Waals surface area contributed by atoms with Gasteiger partial charge in [-0.05, 0) is 23.6 Å². The van der Waals surface area contributed by atoms with Crippen LogP contribution in [0.15, 0.2) is 36.8 Å². The predicted molar refractivity (Wildman–Crippen MR) is 89.8 cm³/mol. The number of methoxy groups -OCH3 is 1. The lowest BCUT2D eigenvalue weighted by atomic mass is 10.2. The van der Waals surface area contributed by atoms with Gasteiger partial charge in [0.05, 0.1) is 11.8 Å². The van der Waals surface area contributed by atoms with E-state index >= 15 is 0 Å². The Labute approximate surface area is 134 Å². The van der Waals surface area contributed by atoms with Gasteiger partial charge in [0.1, 0.15) is 17.6 Å². The number of benzene rings is 1. The van der Waals surface area contributed by atoms with Crippen LogP contribution < -0.4 is 10.5 Å². The Morgan fingerprint density at radius 3 is 3.00 bits per heavy atom. The van der Waals surface area contributed by atoms with E-state index in [1.165, 1.54) is 6.33 Å². The second-order valence-electron chi connectivity index (χ2n) is 4.80. The van der Waals surface area contributed by atoms with Gasteiger partial charge in [0.25, 0.3) is 0 Å². The van der Waals surface area contributed by atoms with Crippen LogP contribution in [0.1, 0.15) is 0 Å². The fourth-order valence-electron chi connectivity index (χ4n) is 2.55. The van der Waals surface area contributed by atoms with E-state index in [2.05, 4.69) is 16.1 Å². The summed E-state index contributed by atoms with van der Waals surface area (Å²) >= 11 is 7.77. The number of hydrogen-bond donors (Lipinski definition) is 1. The first-order chi connectivity index (χ1) is 10.7. The van der Waals surface area contributed by atoms with Crippen LogP contribution in [0.25, 0.3) is 26.0 Å². The average molecular weight is 331 g/mol. The largest absolute Gasteiger partial charge is 0.495 e. The predicted octanol–water partition coefficient (Wildman–Crippen LogP) is 3.86. The molecule has 5 nitrogen and oxygen atoms in total. The molecule has 0 saturated carbocycles. The normalized spacial score (nSPS) is 11.4. The van der Waals surface area contributed by atoms with Crippen LogP contribution in [0.5, 0.6) is 5.75 Å². The minimum Gasteiger partial charge on any atom is -0.495 e. The summed E-state index contributed by atoms with van der Waals surface area (Å²) in [5.74, 6) is 1.23. The van der Waals surface area contributed by atoms with Gasteiger partial charge in [0.2, 0.25) is 0 Å². The Bertz CT molecular complexity index is 1010. The number of ether oxygens (including phenoxy) is 1. The first-order valence-corrected chi connectivity index (χ1v) is 7.72. The number of hydrogen-bond acceptors (Lipinski definition) is 5. The van der Waals surface area contributed by atoms with E-state index in [0.717, 1.165) is 31.8 Å². The van der Waals surface area contributed by atoms with Crippen molar-refractivity contribution in [2.75, 3.05) is 12.8 Å². The van der Waals surface area contributed by atoms with Crippen molar-refractivity contribution in [3.8, 4) is 16.2 Å². The Hall–Kier alpha value is -2.31. The van der Waals surface area contributed by atoms with E-state index < -0.39 is 0 Å². The summed E-state index contributed by atoms with van der Waals surface area (Å²) in [6.45, 7) is 0. The zero-order valence-corrected chi connectivity index (χ0v) is 13.1. The van der Waals surface area contributed by atoms with E-state index in [0.29, 0.717) is 10.8 Å². The van der Waals surface area contributed by atoms with E-state index in [1.54, 1.807) is 23.0 Å². The van der Waals surface area contributed by atoms with Crippen LogP contribution in [0.3, 0.4) is 0 Å². The summed E-state index contributed by atoms with van der Waals surface area (Å²) in [5.41, 5.74) is 7.80. The molecule has 0 unspecified atom stereocenters. The van der Waals surface area contributed by atoms with Crippen molar-refractivity contribution in [1.82, 2.24) is 14.6 Å². The lowest BCUT2D eigenvalue weighted by Gasteiger charge is -2.01. The molecule has 1 aromatic carbocycles. The summed E-state index contributed by atoms with van der Waals surface area (Å²) in [7, 11) is 1.64. The molecule has 0 atom stereocenters. The number of rotatable bonds is 2. The molecule has 3 heterocycles. The van der Waals surface area contributed by atoms with Crippen LogP contribution >= 0.6 is 22.9 Å². The third-order valence-corrected chi connectivity index (χ3v) is 4.93. The number of nitrogen functional groups attached to an aromatic ring is 1. The second kappa shape index (κ2) is 4.86. The van der Waals surface area contributed by atoms with Crippen molar-refractivity contribution in [2.24, 2.45) is 0 Å². The van der Waals surface area contributed by atoms with Crippen LogP contribution in [0, 0.1) is 0 Å². The topological polar surface area (TPSA) is 65.4 Å². The van der Waals surface area contributed by atoms with E-state index in [-0.39, 0.29) is 0 Å². The SMILES string of the molecule is COc1cc(Cl)cc2cc(-c3ccn4ncnc(N)c34)sc12. The molecule has 0 saturated heterocycles. The molecule has 22 heavy (non-hydrogen) atoms. The molecule has 0 radical (unpaired) electrons. The molecule has 3 aromatic heterocycles. The molecule has 0 aliphatic rings. The van der Waals surface area contributed by atoms with Crippen LogP contribution in [-0.4, -0.2) is 21.7 Å². The lowest BCUT2D eigenvalue weighted by molar-refractivity contribution is 0.420. The van der Waals surface area contributed by atoms with Gasteiger partial charge >= 0.3 is 0 Å². The number of thiophene rings is 1. The first-order valence-electron chi connectivity index (χ1n) is 6.52. The highest BCUT2D eigenvalue weighted by Gasteiger charge is 2.15. The standard InChI is InChI=1S/C15H11ClN4OS/c1-21-11-6-9(16)4-8-5-12(22-14(8)11)10-2-3-20-13(10)15(17)18-7-19-20/h2-7H,1H3,(H2,17,18,19). The zero-order valence-electron chi connectivity index (χ0n) is 11.6. The summed E-state index contributed by atoms with van der Waals surface area (Å²) < 4.78 is 8.20. The van der Waals surface area contributed by atoms with Gasteiger partial charge in [-0.2, -0.15) is 5.10 Å². The highest BCUT2D eigenvalue weighted by atomic mass is 35.5. The maximum Gasteiger partial charge on any atom is 0.152 e. The van der Waals surface area contributed by atoms with E-state index in [1.807, 2.05) is 24.4 Å². The fourth-order valence-corrected chi connectivity index (χ4v) is 3.92. The third-order valence-electron chi connectivity index (χ3n) is 3.51. The molecule has 0 fully saturated rings. The minimum absolute atomic E-state index is 0.456. The van der Waals surface area contributed by atoms with Gasteiger partial charge in [-0.25, -0.2) is 9.50 Å². The Kier molecular flexibility index (Phi) is 2.95. The lowest BCUT2D eigenvalue weighted by Crippen LogP contribution is -1.98. The van der Waals surface area contributed by atoms with Crippen molar-refractivity contribution in [3.63, 3.8) is 0 Å². The summed E-state index contributed by atoms with van der Waals surface area (Å²) in [6.07, 6.45) is 3.32. The zero-order chi connectivity index (χ0) is 15.3. The Balaban J connectivity index is 2.01. The number of fused-ring (bicyclic) bond motifs is 2. The quantitative estimate of drug-likeness (QED) is 0.606. The average Bonchev–Trinajstić information content (AvgIpc) is 3.10. The van der Waals surface area contributed by atoms with Gasteiger partial charge < -0.3 is 10.5 Å². The maximum atomic E-state index is 6.14. The van der Waals surface area contributed by atoms with Gasteiger partial charge in [-0.15, -0.1) is 11.3 Å². The van der Waals surface area contributed by atoms with Gasteiger partial charge in [-0.1, -0.05) is 11.6 Å². The molecule has 2 N–H and O–H groups in total. The Morgan fingerprint density at radius 2 is 2.18 bits per heavy atom. The van der Waals surface area contributed by atoms with Crippen LogP contribution in [-0.2, 0) is 0 Å². The number of aromatic nitrogens is 3. The number of nitrogens with zero attached hydrogens (tertiary/aromatic N) is 3. The van der Waals surface area contributed by atoms with E-state index in [4.69, 9.17) is 22.1 Å². The molecule has 7 heteroatoms. The van der Waals surface area contributed by atoms with Crippen LogP contribution in [0.4, 0.5) is 5.82 Å². The second-order valence-corrected chi connectivity index (χ2v) is 6.29. The van der Waals surface area contributed by atoms with Crippen molar-refractivity contribution < 1.29 is 4.74 Å². The highest BCUT2D eigenvalue weighted by Crippen LogP contribution is 2.42. The fraction of sp³-hybridized carbons (Fsp3) is 0.0667. The molecule has 0 spiro atoms. The molecule has 4 rings (SSSR count). The molecular formula is C15H11ClN4OS. The monoisotopic (exact) mass is 330 g/mol. The first kappa shape index (κ1) is 13.4. The molecular weight excluding hydrogens is 320 g/mol. The number of halogens is 1. The van der Waals surface area contributed by atoms with Crippen molar-refractivity contribution in [1.29, 1.82) is 0 Å². The Morgan fingerprint density at radius 1 is 1.32 bits per heavy atom. The van der Waals surface area contributed by atoms with Crippen molar-refractivity contribution in [3.05, 3.63) is 41.8 Å². The molecule has 0 bridgehead atoms. The summed E-state index contributed by atoms with van der Waals surface area (Å²) in [6, 6.07) is 7.81. The van der Waals surface area contributed by atoms with Gasteiger partial charge in [0, 0.05) is 27.7 Å². The molecule has 0 amide bonds. The minimum atomic E-state index is 0.456. The van der Waals surface area contributed by atoms with Gasteiger partial charge in [0.15, 0.2) is 5.82 Å². The van der Waals surface area contributed by atoms with E-state index in [9.17, 15) is 0 Å². The van der Waals surface area contributed by atoms with Gasteiger partial charge in [-0.3, -0.25) is 0 Å². The third kappa shape index (κ3) is 1.92. The smallest absolute Gasteiger partial charge is 0.152 e. The number of nitrogens with two attached hydrogens (primary N) is 1. The molecule has 0 aliphatic carbocycles. The van der Waals surface area contributed by atoms with Crippen molar-refractivity contribution in [2.45, 2.75) is 0 Å². The molecule has 0 aliphatic heterocycles. The molecule has 4 aromatic rings.